The molecule has 1 fully saturated rings. The monoisotopic (exact) mass is 477 g/mol. The second-order valence-electron chi connectivity index (χ2n) is 10.8. The van der Waals surface area contributed by atoms with Crippen molar-refractivity contribution in [3.63, 3.8) is 0 Å². The van der Waals surface area contributed by atoms with Gasteiger partial charge in [-0.15, -0.1) is 0 Å². The average molecular weight is 478 g/mol. The Morgan fingerprint density at radius 2 is 1.89 bits per heavy atom. The van der Waals surface area contributed by atoms with Crippen molar-refractivity contribution in [2.75, 3.05) is 6.61 Å². The summed E-state index contributed by atoms with van der Waals surface area (Å²) in [5.41, 5.74) is 1.10. The number of amides is 1. The van der Waals surface area contributed by atoms with Crippen LogP contribution in [0.1, 0.15) is 46.1 Å². The minimum atomic E-state index is -0.983. The summed E-state index contributed by atoms with van der Waals surface area (Å²) >= 11 is 0. The highest BCUT2D eigenvalue weighted by Crippen LogP contribution is 2.56. The van der Waals surface area contributed by atoms with E-state index in [4.69, 9.17) is 4.74 Å². The number of aliphatic hydroxyl groups excluding tert-OH is 1. The van der Waals surface area contributed by atoms with Crippen LogP contribution in [-0.4, -0.2) is 35.7 Å². The first-order valence-corrected chi connectivity index (χ1v) is 13.0. The molecule has 4 rings (SSSR count). The highest BCUT2D eigenvalue weighted by atomic mass is 16.5. The normalized spacial score (nSPS) is 36.9. The van der Waals surface area contributed by atoms with Gasteiger partial charge in [0.05, 0.1) is 6.61 Å². The van der Waals surface area contributed by atoms with Gasteiger partial charge in [0.1, 0.15) is 11.5 Å². The number of hydrogen-bond donors (Lipinski definition) is 2. The van der Waals surface area contributed by atoms with Gasteiger partial charge in [-0.2, -0.15) is 0 Å². The first-order valence-electron chi connectivity index (χ1n) is 13.0. The number of rotatable bonds is 4. The zero-order valence-corrected chi connectivity index (χ0v) is 21.3. The van der Waals surface area contributed by atoms with Crippen LogP contribution in [0.4, 0.5) is 0 Å². The number of carbonyl (C=O) groups is 2. The summed E-state index contributed by atoms with van der Waals surface area (Å²) in [5.74, 6) is -0.165. The van der Waals surface area contributed by atoms with E-state index in [2.05, 4.69) is 62.5 Å². The molecule has 5 heteroatoms. The van der Waals surface area contributed by atoms with E-state index in [1.807, 2.05) is 24.3 Å². The fourth-order valence-electron chi connectivity index (χ4n) is 6.75. The van der Waals surface area contributed by atoms with Crippen LogP contribution in [0.3, 0.4) is 0 Å². The second-order valence-corrected chi connectivity index (χ2v) is 10.8. The first-order chi connectivity index (χ1) is 16.8. The van der Waals surface area contributed by atoms with Crippen LogP contribution in [0.25, 0.3) is 0 Å². The minimum absolute atomic E-state index is 0.0498. The van der Waals surface area contributed by atoms with E-state index in [1.54, 1.807) is 0 Å². The van der Waals surface area contributed by atoms with Crippen LogP contribution in [0.2, 0.25) is 0 Å². The molecule has 1 aliphatic heterocycles. The highest BCUT2D eigenvalue weighted by Gasteiger charge is 2.65. The van der Waals surface area contributed by atoms with E-state index in [9.17, 15) is 14.7 Å². The number of nitrogens with one attached hydrogen (secondary N) is 1. The summed E-state index contributed by atoms with van der Waals surface area (Å²) in [6.07, 6.45) is 12.4. The van der Waals surface area contributed by atoms with Crippen molar-refractivity contribution in [1.29, 1.82) is 0 Å². The second kappa shape index (κ2) is 10.5. The molecule has 2 N–H and O–H groups in total. The van der Waals surface area contributed by atoms with Crippen molar-refractivity contribution in [1.82, 2.24) is 5.32 Å². The summed E-state index contributed by atoms with van der Waals surface area (Å²) in [7, 11) is 0. The SMILES string of the molecule is CC(=O)OC1C=CC(C)CC(C)CC=CC2C=C(CO)C(C)C3C(Cc4ccccc4)NC(=O)C213. The van der Waals surface area contributed by atoms with Crippen LogP contribution >= 0.6 is 0 Å². The van der Waals surface area contributed by atoms with Crippen molar-refractivity contribution < 1.29 is 19.4 Å². The third kappa shape index (κ3) is 4.88. The lowest BCUT2D eigenvalue weighted by molar-refractivity contribution is -0.159. The number of ether oxygens (including phenoxy) is 1. The third-order valence-corrected chi connectivity index (χ3v) is 8.28. The first kappa shape index (κ1) is 25.4. The predicted octanol–water partition coefficient (Wildman–Crippen LogP) is 4.62. The lowest BCUT2D eigenvalue weighted by Gasteiger charge is -2.48. The van der Waals surface area contributed by atoms with Gasteiger partial charge in [0.2, 0.25) is 5.91 Å². The maximum Gasteiger partial charge on any atom is 0.303 e. The molecule has 5 nitrogen and oxygen atoms in total. The van der Waals surface area contributed by atoms with E-state index < -0.39 is 17.5 Å². The Kier molecular flexibility index (Phi) is 7.65. The molecular weight excluding hydrogens is 438 g/mol. The largest absolute Gasteiger partial charge is 0.457 e. The maximum atomic E-state index is 14.1. The van der Waals surface area contributed by atoms with Crippen LogP contribution < -0.4 is 5.32 Å². The van der Waals surface area contributed by atoms with Gasteiger partial charge in [-0.3, -0.25) is 9.59 Å². The van der Waals surface area contributed by atoms with Crippen LogP contribution in [0, 0.1) is 35.0 Å². The fourth-order valence-corrected chi connectivity index (χ4v) is 6.75. The molecule has 0 aromatic heterocycles. The third-order valence-electron chi connectivity index (χ3n) is 8.28. The Morgan fingerprint density at radius 1 is 1.14 bits per heavy atom. The van der Waals surface area contributed by atoms with E-state index in [1.165, 1.54) is 6.92 Å². The Labute approximate surface area is 209 Å². The molecule has 0 radical (unpaired) electrons. The van der Waals surface area contributed by atoms with Crippen molar-refractivity contribution in [2.45, 2.75) is 59.1 Å². The van der Waals surface area contributed by atoms with Gasteiger partial charge in [-0.05, 0) is 54.2 Å². The Morgan fingerprint density at radius 3 is 2.57 bits per heavy atom. The van der Waals surface area contributed by atoms with E-state index in [0.717, 1.165) is 24.0 Å². The summed E-state index contributed by atoms with van der Waals surface area (Å²) in [6, 6.07) is 10.0. The van der Waals surface area contributed by atoms with Gasteiger partial charge in [-0.1, -0.05) is 75.4 Å². The number of aliphatic hydroxyl groups is 1. The Bertz CT molecular complexity index is 1010. The number of allylic oxidation sites excluding steroid dienone is 4. The van der Waals surface area contributed by atoms with Crippen LogP contribution in [-0.2, 0) is 20.7 Å². The zero-order chi connectivity index (χ0) is 25.2. The van der Waals surface area contributed by atoms with Crippen LogP contribution in [0.15, 0.2) is 66.3 Å². The number of benzene rings is 1. The smallest absolute Gasteiger partial charge is 0.303 e. The molecule has 1 aromatic carbocycles. The molecular formula is C30H39NO4. The topological polar surface area (TPSA) is 75.6 Å². The van der Waals surface area contributed by atoms with Crippen molar-refractivity contribution in [3.05, 3.63) is 71.8 Å². The lowest BCUT2D eigenvalue weighted by Crippen LogP contribution is -2.55. The van der Waals surface area contributed by atoms with Crippen molar-refractivity contribution in [3.8, 4) is 0 Å². The molecule has 1 spiro atoms. The quantitative estimate of drug-likeness (QED) is 0.490. The molecule has 1 amide bonds. The zero-order valence-electron chi connectivity index (χ0n) is 21.3. The van der Waals surface area contributed by atoms with Crippen molar-refractivity contribution in [2.24, 2.45) is 35.0 Å². The van der Waals surface area contributed by atoms with Gasteiger partial charge >= 0.3 is 5.97 Å². The van der Waals surface area contributed by atoms with Crippen LogP contribution in [0.5, 0.6) is 0 Å². The van der Waals surface area contributed by atoms with Crippen molar-refractivity contribution >= 4 is 11.9 Å². The van der Waals surface area contributed by atoms with Gasteiger partial charge in [0, 0.05) is 24.8 Å². The van der Waals surface area contributed by atoms with E-state index >= 15 is 0 Å². The Balaban J connectivity index is 1.90. The summed E-state index contributed by atoms with van der Waals surface area (Å²) in [4.78, 5) is 26.5. The highest BCUT2D eigenvalue weighted by molar-refractivity contribution is 5.89. The molecule has 1 aromatic rings. The molecule has 35 heavy (non-hydrogen) atoms. The molecule has 0 saturated carbocycles. The molecule has 3 aliphatic rings. The molecule has 1 saturated heterocycles. The molecule has 8 unspecified atom stereocenters. The predicted molar refractivity (Wildman–Crippen MR) is 137 cm³/mol. The molecule has 0 bridgehead atoms. The number of esters is 1. The van der Waals surface area contributed by atoms with Gasteiger partial charge in [-0.25, -0.2) is 0 Å². The molecule has 2 aliphatic carbocycles. The molecule has 8 atom stereocenters. The number of hydrogen-bond acceptors (Lipinski definition) is 4. The lowest BCUT2D eigenvalue weighted by atomic mass is 9.54. The summed E-state index contributed by atoms with van der Waals surface area (Å²) < 4.78 is 5.99. The fraction of sp³-hybridized carbons (Fsp3) is 0.533. The van der Waals surface area contributed by atoms with Gasteiger partial charge in [0.15, 0.2) is 0 Å². The summed E-state index contributed by atoms with van der Waals surface area (Å²) in [6.45, 7) is 7.87. The average Bonchev–Trinajstić information content (AvgIpc) is 3.10. The molecule has 188 valence electrons. The minimum Gasteiger partial charge on any atom is -0.457 e. The number of carbonyl (C=O) groups excluding carboxylic acids is 2. The standard InChI is InChI=1S/C30H39NO4/c1-19-9-8-12-25-17-24(18-32)21(3)28-26(16-23-10-6-5-7-11-23)31-29(34)30(25,28)27(35-22(4)33)14-13-20(2)15-19/h5-8,10-14,17,19-21,25-28,32H,9,15-16,18H2,1-4H3,(H,31,34). The Hall–Kier alpha value is -2.66. The maximum absolute atomic E-state index is 14.1. The van der Waals surface area contributed by atoms with Gasteiger partial charge in [0.25, 0.3) is 0 Å². The molecule has 1 heterocycles. The van der Waals surface area contributed by atoms with E-state index in [0.29, 0.717) is 18.3 Å². The summed E-state index contributed by atoms with van der Waals surface area (Å²) in [5, 5.41) is 13.6. The van der Waals surface area contributed by atoms with E-state index in [-0.39, 0.29) is 36.3 Å². The van der Waals surface area contributed by atoms with Gasteiger partial charge < -0.3 is 15.2 Å².